The van der Waals surface area contributed by atoms with Crippen LogP contribution >= 0.6 is 0 Å². The Labute approximate surface area is 103 Å². The minimum atomic E-state index is 0.0785. The van der Waals surface area contributed by atoms with Crippen molar-refractivity contribution in [3.05, 3.63) is 0 Å². The molecule has 2 fully saturated rings. The van der Waals surface area contributed by atoms with Gasteiger partial charge in [-0.3, -0.25) is 4.79 Å². The van der Waals surface area contributed by atoms with E-state index in [0.29, 0.717) is 31.0 Å². The van der Waals surface area contributed by atoms with Crippen molar-refractivity contribution in [2.24, 2.45) is 17.1 Å². The Morgan fingerprint density at radius 1 is 1.53 bits per heavy atom. The lowest BCUT2D eigenvalue weighted by atomic mass is 9.63. The summed E-state index contributed by atoms with van der Waals surface area (Å²) in [5, 5.41) is 0. The molecule has 2 rings (SSSR count). The van der Waals surface area contributed by atoms with E-state index < -0.39 is 0 Å². The van der Waals surface area contributed by atoms with Gasteiger partial charge in [0.25, 0.3) is 0 Å². The van der Waals surface area contributed by atoms with Crippen molar-refractivity contribution in [1.29, 1.82) is 0 Å². The van der Waals surface area contributed by atoms with E-state index in [1.165, 1.54) is 0 Å². The van der Waals surface area contributed by atoms with Crippen LogP contribution in [-0.4, -0.2) is 42.6 Å². The van der Waals surface area contributed by atoms with Gasteiger partial charge in [-0.1, -0.05) is 13.8 Å². The summed E-state index contributed by atoms with van der Waals surface area (Å²) >= 11 is 0. The molecule has 1 heterocycles. The number of carbonyl (C=O) groups is 1. The highest BCUT2D eigenvalue weighted by atomic mass is 16.5. The van der Waals surface area contributed by atoms with Gasteiger partial charge < -0.3 is 15.4 Å². The number of likely N-dealkylation sites (tertiary alicyclic amines) is 1. The first kappa shape index (κ1) is 12.8. The molecule has 3 unspecified atom stereocenters. The highest BCUT2D eigenvalue weighted by Crippen LogP contribution is 2.47. The zero-order valence-electron chi connectivity index (χ0n) is 11.1. The average molecular weight is 240 g/mol. The number of hydrogen-bond acceptors (Lipinski definition) is 3. The van der Waals surface area contributed by atoms with Crippen LogP contribution in [0.15, 0.2) is 0 Å². The molecule has 2 aliphatic rings. The number of ether oxygens (including phenoxy) is 1. The number of nitrogens with zero attached hydrogens (tertiary/aromatic N) is 1. The van der Waals surface area contributed by atoms with E-state index in [1.54, 1.807) is 0 Å². The summed E-state index contributed by atoms with van der Waals surface area (Å²) in [6, 6.07) is 0.336. The largest absolute Gasteiger partial charge is 0.378 e. The van der Waals surface area contributed by atoms with Gasteiger partial charge >= 0.3 is 0 Å². The van der Waals surface area contributed by atoms with Gasteiger partial charge in [0.1, 0.15) is 0 Å². The number of rotatable bonds is 4. The molecule has 98 valence electrons. The molecule has 0 aromatic carbocycles. The van der Waals surface area contributed by atoms with Crippen molar-refractivity contribution < 1.29 is 9.53 Å². The van der Waals surface area contributed by atoms with Crippen molar-refractivity contribution in [2.75, 3.05) is 19.7 Å². The second-order valence-corrected chi connectivity index (χ2v) is 5.87. The second kappa shape index (κ2) is 4.58. The van der Waals surface area contributed by atoms with Crippen molar-refractivity contribution >= 4 is 5.91 Å². The van der Waals surface area contributed by atoms with Gasteiger partial charge in [-0.05, 0) is 25.8 Å². The lowest BCUT2D eigenvalue weighted by Gasteiger charge is -2.55. The molecule has 4 nitrogen and oxygen atoms in total. The fraction of sp³-hybridized carbons (Fsp3) is 0.923. The maximum atomic E-state index is 12.0. The van der Waals surface area contributed by atoms with Gasteiger partial charge in [0.2, 0.25) is 5.91 Å². The molecule has 1 amide bonds. The minimum absolute atomic E-state index is 0.0785. The third-order valence-corrected chi connectivity index (χ3v) is 4.44. The summed E-state index contributed by atoms with van der Waals surface area (Å²) in [4.78, 5) is 14.0. The Bertz CT molecular complexity index is 304. The van der Waals surface area contributed by atoms with Gasteiger partial charge in [-0.2, -0.15) is 0 Å². The van der Waals surface area contributed by atoms with E-state index in [0.717, 1.165) is 19.6 Å². The minimum Gasteiger partial charge on any atom is -0.378 e. The van der Waals surface area contributed by atoms with Crippen LogP contribution in [0.5, 0.6) is 0 Å². The molecular weight excluding hydrogens is 216 g/mol. The smallest absolute Gasteiger partial charge is 0.223 e. The lowest BCUT2D eigenvalue weighted by molar-refractivity contribution is -0.162. The Kier molecular flexibility index (Phi) is 3.46. The molecule has 3 atom stereocenters. The lowest BCUT2D eigenvalue weighted by Crippen LogP contribution is -2.62. The van der Waals surface area contributed by atoms with E-state index >= 15 is 0 Å². The highest BCUT2D eigenvalue weighted by Gasteiger charge is 2.54. The Hall–Kier alpha value is -0.610. The molecule has 0 bridgehead atoms. The van der Waals surface area contributed by atoms with Crippen molar-refractivity contribution in [3.63, 3.8) is 0 Å². The summed E-state index contributed by atoms with van der Waals surface area (Å²) in [5.74, 6) is 0.623. The second-order valence-electron chi connectivity index (χ2n) is 5.87. The van der Waals surface area contributed by atoms with E-state index in [4.69, 9.17) is 10.5 Å². The van der Waals surface area contributed by atoms with Crippen molar-refractivity contribution in [3.8, 4) is 0 Å². The fourth-order valence-electron chi connectivity index (χ4n) is 3.14. The standard InChI is InChI=1S/C13H24N2O2/c1-4-17-11-6-10(13(11,2)3)15-8-9(7-14)5-12(15)16/h9-11H,4-8,14H2,1-3H3. The van der Waals surface area contributed by atoms with Gasteiger partial charge in [-0.15, -0.1) is 0 Å². The fourth-order valence-corrected chi connectivity index (χ4v) is 3.14. The van der Waals surface area contributed by atoms with Gasteiger partial charge in [0.05, 0.1) is 6.10 Å². The monoisotopic (exact) mass is 240 g/mol. The predicted molar refractivity (Wildman–Crippen MR) is 66.5 cm³/mol. The van der Waals surface area contributed by atoms with E-state index in [-0.39, 0.29) is 11.3 Å². The molecule has 2 N–H and O–H groups in total. The summed E-state index contributed by atoms with van der Waals surface area (Å²) in [5.41, 5.74) is 5.74. The molecule has 0 spiro atoms. The maximum absolute atomic E-state index is 12.0. The third-order valence-electron chi connectivity index (χ3n) is 4.44. The normalized spacial score (nSPS) is 36.1. The predicted octanol–water partition coefficient (Wildman–Crippen LogP) is 0.997. The van der Waals surface area contributed by atoms with Crippen LogP contribution < -0.4 is 5.73 Å². The molecule has 1 saturated heterocycles. The molecule has 1 aliphatic heterocycles. The number of hydrogen-bond donors (Lipinski definition) is 1. The van der Waals surface area contributed by atoms with Crippen LogP contribution in [0, 0.1) is 11.3 Å². The van der Waals surface area contributed by atoms with Crippen molar-refractivity contribution in [2.45, 2.75) is 45.8 Å². The van der Waals surface area contributed by atoms with E-state index in [2.05, 4.69) is 13.8 Å². The number of amides is 1. The molecule has 0 aromatic rings. The van der Waals surface area contributed by atoms with E-state index in [1.807, 2.05) is 11.8 Å². The number of nitrogens with two attached hydrogens (primary N) is 1. The molecule has 0 radical (unpaired) electrons. The molecule has 17 heavy (non-hydrogen) atoms. The zero-order chi connectivity index (χ0) is 12.6. The SMILES string of the molecule is CCOC1CC(N2CC(CN)CC2=O)C1(C)C. The summed E-state index contributed by atoms with van der Waals surface area (Å²) < 4.78 is 5.71. The van der Waals surface area contributed by atoms with Gasteiger partial charge in [0.15, 0.2) is 0 Å². The zero-order valence-corrected chi connectivity index (χ0v) is 11.1. The van der Waals surface area contributed by atoms with Crippen molar-refractivity contribution in [1.82, 2.24) is 4.90 Å². The topological polar surface area (TPSA) is 55.6 Å². The Morgan fingerprint density at radius 3 is 2.71 bits per heavy atom. The van der Waals surface area contributed by atoms with E-state index in [9.17, 15) is 4.79 Å². The summed E-state index contributed by atoms with van der Waals surface area (Å²) in [7, 11) is 0. The van der Waals surface area contributed by atoms with Crippen LogP contribution in [0.2, 0.25) is 0 Å². The Morgan fingerprint density at radius 2 is 2.24 bits per heavy atom. The van der Waals surface area contributed by atoms with Crippen LogP contribution in [0.3, 0.4) is 0 Å². The first-order valence-electron chi connectivity index (χ1n) is 6.61. The molecular formula is C13H24N2O2. The van der Waals surface area contributed by atoms with Gasteiger partial charge in [0, 0.05) is 31.0 Å². The quantitative estimate of drug-likeness (QED) is 0.797. The van der Waals surface area contributed by atoms with Crippen LogP contribution in [0.1, 0.15) is 33.6 Å². The summed E-state index contributed by atoms with van der Waals surface area (Å²) in [6.45, 7) is 8.62. The first-order chi connectivity index (χ1) is 8.00. The van der Waals surface area contributed by atoms with Crippen LogP contribution in [0.4, 0.5) is 0 Å². The third kappa shape index (κ3) is 2.08. The first-order valence-corrected chi connectivity index (χ1v) is 6.61. The highest BCUT2D eigenvalue weighted by molar-refractivity contribution is 5.79. The molecule has 1 aliphatic carbocycles. The average Bonchev–Trinajstić information content (AvgIpc) is 2.65. The molecule has 0 aromatic heterocycles. The maximum Gasteiger partial charge on any atom is 0.223 e. The Balaban J connectivity index is 1.99. The summed E-state index contributed by atoms with van der Waals surface area (Å²) in [6.07, 6.45) is 1.90. The molecule has 4 heteroatoms. The van der Waals surface area contributed by atoms with Crippen LogP contribution in [0.25, 0.3) is 0 Å². The van der Waals surface area contributed by atoms with Crippen LogP contribution in [-0.2, 0) is 9.53 Å². The van der Waals surface area contributed by atoms with Gasteiger partial charge in [-0.25, -0.2) is 0 Å². The molecule has 1 saturated carbocycles. The number of carbonyl (C=O) groups excluding carboxylic acids is 1.